The Morgan fingerprint density at radius 2 is 2.20 bits per heavy atom. The van der Waals surface area contributed by atoms with Gasteiger partial charge in [0, 0.05) is 18.4 Å². The van der Waals surface area contributed by atoms with Crippen molar-refractivity contribution in [1.29, 1.82) is 0 Å². The summed E-state index contributed by atoms with van der Waals surface area (Å²) in [6.45, 7) is 7.83. The fourth-order valence-electron chi connectivity index (χ4n) is 2.78. The molecule has 110 valence electrons. The fourth-order valence-corrected chi connectivity index (χ4v) is 2.78. The van der Waals surface area contributed by atoms with E-state index in [4.69, 9.17) is 4.74 Å². The lowest BCUT2D eigenvalue weighted by atomic mass is 10.1. The second kappa shape index (κ2) is 5.81. The van der Waals surface area contributed by atoms with Gasteiger partial charge in [-0.15, -0.1) is 0 Å². The third-order valence-corrected chi connectivity index (χ3v) is 3.65. The predicted molar refractivity (Wildman–Crippen MR) is 78.4 cm³/mol. The normalized spacial score (nSPS) is 22.9. The van der Waals surface area contributed by atoms with Gasteiger partial charge in [-0.05, 0) is 51.7 Å². The van der Waals surface area contributed by atoms with Crippen molar-refractivity contribution in [3.63, 3.8) is 0 Å². The van der Waals surface area contributed by atoms with Crippen LogP contribution in [0.1, 0.15) is 58.6 Å². The Hall–Kier alpha value is -1.58. The molecule has 2 rings (SSSR count). The first kappa shape index (κ1) is 14.8. The van der Waals surface area contributed by atoms with Crippen LogP contribution in [0.2, 0.25) is 0 Å². The summed E-state index contributed by atoms with van der Waals surface area (Å²) < 4.78 is 5.57. The highest BCUT2D eigenvalue weighted by atomic mass is 16.6. The largest absolute Gasteiger partial charge is 0.444 e. The minimum Gasteiger partial charge on any atom is -0.444 e. The second-order valence-corrected chi connectivity index (χ2v) is 6.33. The van der Waals surface area contributed by atoms with Gasteiger partial charge in [0.15, 0.2) is 0 Å². The third-order valence-electron chi connectivity index (χ3n) is 3.65. The number of hydrogen-bond acceptors (Lipinski definition) is 3. The van der Waals surface area contributed by atoms with Crippen LogP contribution in [0.3, 0.4) is 0 Å². The van der Waals surface area contributed by atoms with Crippen LogP contribution in [0.5, 0.6) is 0 Å². The number of rotatable bonds is 2. The second-order valence-electron chi connectivity index (χ2n) is 6.33. The number of aromatic nitrogens is 1. The van der Waals surface area contributed by atoms with Gasteiger partial charge >= 0.3 is 6.09 Å². The topological polar surface area (TPSA) is 42.4 Å². The van der Waals surface area contributed by atoms with E-state index in [0.717, 1.165) is 24.8 Å². The number of pyridine rings is 1. The predicted octanol–water partition coefficient (Wildman–Crippen LogP) is 3.93. The molecule has 0 spiro atoms. The van der Waals surface area contributed by atoms with Crippen molar-refractivity contribution in [2.75, 3.05) is 0 Å². The van der Waals surface area contributed by atoms with E-state index in [2.05, 4.69) is 11.9 Å². The summed E-state index contributed by atoms with van der Waals surface area (Å²) in [5.41, 5.74) is 0.631. The molecule has 1 aromatic rings. The first-order valence-electron chi connectivity index (χ1n) is 7.33. The number of ether oxygens (including phenoxy) is 1. The lowest BCUT2D eigenvalue weighted by Gasteiger charge is -2.32. The van der Waals surface area contributed by atoms with Crippen LogP contribution < -0.4 is 0 Å². The van der Waals surface area contributed by atoms with E-state index in [1.54, 1.807) is 6.20 Å². The van der Waals surface area contributed by atoms with Crippen molar-refractivity contribution in [3.05, 3.63) is 30.1 Å². The Kier molecular flexibility index (Phi) is 4.31. The van der Waals surface area contributed by atoms with Crippen molar-refractivity contribution in [2.24, 2.45) is 0 Å². The van der Waals surface area contributed by atoms with Crippen LogP contribution in [-0.4, -0.2) is 27.6 Å². The molecule has 20 heavy (non-hydrogen) atoms. The molecule has 0 aromatic carbocycles. The SMILES string of the molecule is CC[C@@H]1CC[C@H](c2cccnc2)N1C(=O)OC(C)(C)C. The number of carbonyl (C=O) groups excluding carboxylic acids is 1. The van der Waals surface area contributed by atoms with Crippen LogP contribution in [0.4, 0.5) is 4.79 Å². The summed E-state index contributed by atoms with van der Waals surface area (Å²) in [5, 5.41) is 0. The van der Waals surface area contributed by atoms with Gasteiger partial charge in [-0.3, -0.25) is 9.88 Å². The fraction of sp³-hybridized carbons (Fsp3) is 0.625. The third kappa shape index (κ3) is 3.30. The van der Waals surface area contributed by atoms with E-state index in [9.17, 15) is 4.79 Å². The lowest BCUT2D eigenvalue weighted by molar-refractivity contribution is 0.0140. The average molecular weight is 276 g/mol. The summed E-state index contributed by atoms with van der Waals surface area (Å²) in [6.07, 6.45) is 6.35. The molecule has 0 aliphatic carbocycles. The maximum Gasteiger partial charge on any atom is 0.411 e. The van der Waals surface area contributed by atoms with E-state index in [1.807, 2.05) is 44.0 Å². The van der Waals surface area contributed by atoms with Gasteiger partial charge in [-0.2, -0.15) is 0 Å². The zero-order chi connectivity index (χ0) is 14.8. The van der Waals surface area contributed by atoms with Gasteiger partial charge in [0.1, 0.15) is 5.60 Å². The van der Waals surface area contributed by atoms with E-state index >= 15 is 0 Å². The summed E-state index contributed by atoms with van der Waals surface area (Å²) >= 11 is 0. The average Bonchev–Trinajstić information content (AvgIpc) is 2.81. The van der Waals surface area contributed by atoms with E-state index in [0.29, 0.717) is 0 Å². The van der Waals surface area contributed by atoms with Gasteiger partial charge in [-0.25, -0.2) is 4.79 Å². The number of amides is 1. The Morgan fingerprint density at radius 3 is 2.75 bits per heavy atom. The highest BCUT2D eigenvalue weighted by Gasteiger charge is 2.39. The molecule has 0 N–H and O–H groups in total. The number of likely N-dealkylation sites (tertiary alicyclic amines) is 1. The zero-order valence-corrected chi connectivity index (χ0v) is 12.8. The van der Waals surface area contributed by atoms with Gasteiger partial charge in [-0.1, -0.05) is 13.0 Å². The highest BCUT2D eigenvalue weighted by molar-refractivity contribution is 5.69. The number of hydrogen-bond donors (Lipinski definition) is 0. The molecule has 1 amide bonds. The van der Waals surface area contributed by atoms with Crippen LogP contribution in [0, 0.1) is 0 Å². The molecule has 0 saturated carbocycles. The molecule has 2 heterocycles. The summed E-state index contributed by atoms with van der Waals surface area (Å²) in [6, 6.07) is 4.30. The lowest BCUT2D eigenvalue weighted by Crippen LogP contribution is -2.40. The Morgan fingerprint density at radius 1 is 1.45 bits per heavy atom. The Bertz CT molecular complexity index is 453. The molecule has 1 aromatic heterocycles. The van der Waals surface area contributed by atoms with Gasteiger partial charge in [0.2, 0.25) is 0 Å². The first-order chi connectivity index (χ1) is 9.42. The molecule has 1 aliphatic heterocycles. The molecule has 4 heteroatoms. The molecule has 2 atom stereocenters. The minimum atomic E-state index is -0.461. The molecule has 1 aliphatic rings. The quantitative estimate of drug-likeness (QED) is 0.822. The first-order valence-corrected chi connectivity index (χ1v) is 7.33. The molecule has 1 saturated heterocycles. The molecule has 0 radical (unpaired) electrons. The van der Waals surface area contributed by atoms with Crippen LogP contribution in [0.25, 0.3) is 0 Å². The Balaban J connectivity index is 2.22. The van der Waals surface area contributed by atoms with Crippen molar-refractivity contribution in [3.8, 4) is 0 Å². The molecule has 1 fully saturated rings. The van der Waals surface area contributed by atoms with Crippen LogP contribution in [-0.2, 0) is 4.74 Å². The van der Waals surface area contributed by atoms with E-state index in [-0.39, 0.29) is 18.2 Å². The molecular weight excluding hydrogens is 252 g/mol. The van der Waals surface area contributed by atoms with Gasteiger partial charge in [0.05, 0.1) is 6.04 Å². The summed E-state index contributed by atoms with van der Waals surface area (Å²) in [7, 11) is 0. The molecule has 4 nitrogen and oxygen atoms in total. The molecule has 0 bridgehead atoms. The number of nitrogens with zero attached hydrogens (tertiary/aromatic N) is 2. The van der Waals surface area contributed by atoms with Crippen molar-refractivity contribution >= 4 is 6.09 Å². The maximum atomic E-state index is 12.5. The molecular formula is C16H24N2O2. The highest BCUT2D eigenvalue weighted by Crippen LogP contribution is 2.38. The van der Waals surface area contributed by atoms with E-state index < -0.39 is 5.60 Å². The zero-order valence-electron chi connectivity index (χ0n) is 12.8. The van der Waals surface area contributed by atoms with Crippen molar-refractivity contribution in [1.82, 2.24) is 9.88 Å². The monoisotopic (exact) mass is 276 g/mol. The standard InChI is InChI=1S/C16H24N2O2/c1-5-13-8-9-14(12-7-6-10-17-11-12)18(13)15(19)20-16(2,3)4/h6-7,10-11,13-14H,5,8-9H2,1-4H3/t13-,14-/m1/s1. The van der Waals surface area contributed by atoms with Gasteiger partial charge < -0.3 is 4.74 Å². The summed E-state index contributed by atoms with van der Waals surface area (Å²) in [5.74, 6) is 0. The van der Waals surface area contributed by atoms with Gasteiger partial charge in [0.25, 0.3) is 0 Å². The minimum absolute atomic E-state index is 0.0866. The van der Waals surface area contributed by atoms with Crippen LogP contribution in [0.15, 0.2) is 24.5 Å². The smallest absolute Gasteiger partial charge is 0.411 e. The van der Waals surface area contributed by atoms with E-state index in [1.165, 1.54) is 0 Å². The maximum absolute atomic E-state index is 12.5. The van der Waals surface area contributed by atoms with Crippen molar-refractivity contribution < 1.29 is 9.53 Å². The van der Waals surface area contributed by atoms with Crippen LogP contribution >= 0.6 is 0 Å². The summed E-state index contributed by atoms with van der Waals surface area (Å²) in [4.78, 5) is 18.6. The Labute approximate surface area is 121 Å². The van der Waals surface area contributed by atoms with Crippen molar-refractivity contribution in [2.45, 2.75) is 64.6 Å². The number of carbonyl (C=O) groups is 1. The molecule has 0 unspecified atom stereocenters.